The van der Waals surface area contributed by atoms with Crippen molar-refractivity contribution in [1.29, 1.82) is 0 Å². The summed E-state index contributed by atoms with van der Waals surface area (Å²) in [5, 5.41) is 2.95. The number of likely N-dealkylation sites (tertiary alicyclic amines) is 1. The van der Waals surface area contributed by atoms with Crippen molar-refractivity contribution in [3.8, 4) is 17.4 Å². The van der Waals surface area contributed by atoms with Gasteiger partial charge in [0.25, 0.3) is 0 Å². The molecule has 2 heterocycles. The molecular weight excluding hydrogens is 434 g/mol. The topological polar surface area (TPSA) is 90.0 Å². The summed E-state index contributed by atoms with van der Waals surface area (Å²) in [7, 11) is 3.20. The number of carbonyl (C=O) groups is 2. The largest absolute Gasteiger partial charge is 0.493 e. The number of ether oxygens (including phenoxy) is 3. The number of carbonyl (C=O) groups excluding carboxylic acids is 2. The van der Waals surface area contributed by atoms with E-state index in [1.807, 2.05) is 30.3 Å². The van der Waals surface area contributed by atoms with Crippen LogP contribution in [0.1, 0.15) is 43.2 Å². The average molecular weight is 468 g/mol. The fourth-order valence-electron chi connectivity index (χ4n) is 4.56. The van der Waals surface area contributed by atoms with E-state index in [-0.39, 0.29) is 30.3 Å². The Morgan fingerprint density at radius 1 is 1.09 bits per heavy atom. The van der Waals surface area contributed by atoms with E-state index < -0.39 is 0 Å². The minimum absolute atomic E-state index is 0.00991. The van der Waals surface area contributed by atoms with Crippen LogP contribution in [0.3, 0.4) is 0 Å². The van der Waals surface area contributed by atoms with E-state index in [0.29, 0.717) is 43.4 Å². The number of nitrogens with zero attached hydrogens (tertiary/aromatic N) is 2. The maximum atomic E-state index is 12.7. The number of hydrogen-bond acceptors (Lipinski definition) is 6. The van der Waals surface area contributed by atoms with E-state index in [2.05, 4.69) is 10.3 Å². The standard InChI is InChI=1S/C26H33N3O5/c1-32-22-9-7-18(13-23(22)33-2)11-12-29-17-20(14-25(29)30)26(31)28-16-19-8-10-24(27-15-19)34-21-5-3-4-6-21/h7-10,13,15,20-21H,3-6,11-12,14,16-17H2,1-2H3,(H,28,31). The van der Waals surface area contributed by atoms with Crippen LogP contribution >= 0.6 is 0 Å². The lowest BCUT2D eigenvalue weighted by molar-refractivity contribution is -0.129. The molecule has 182 valence electrons. The molecule has 8 heteroatoms. The van der Waals surface area contributed by atoms with Crippen molar-refractivity contribution in [2.75, 3.05) is 27.3 Å². The molecule has 1 atom stereocenters. The van der Waals surface area contributed by atoms with Gasteiger partial charge in [-0.1, -0.05) is 12.1 Å². The first-order valence-electron chi connectivity index (χ1n) is 11.9. The number of rotatable bonds is 10. The lowest BCUT2D eigenvalue weighted by Gasteiger charge is -2.17. The molecule has 1 aromatic heterocycles. The molecule has 1 aliphatic carbocycles. The van der Waals surface area contributed by atoms with E-state index in [9.17, 15) is 9.59 Å². The van der Waals surface area contributed by atoms with E-state index in [4.69, 9.17) is 14.2 Å². The number of amides is 2. The van der Waals surface area contributed by atoms with Crippen molar-refractivity contribution in [2.24, 2.45) is 5.92 Å². The van der Waals surface area contributed by atoms with Crippen molar-refractivity contribution in [3.63, 3.8) is 0 Å². The molecule has 34 heavy (non-hydrogen) atoms. The van der Waals surface area contributed by atoms with E-state index in [1.54, 1.807) is 25.3 Å². The van der Waals surface area contributed by atoms with Crippen LogP contribution in [0.15, 0.2) is 36.5 Å². The van der Waals surface area contributed by atoms with Crippen molar-refractivity contribution in [2.45, 2.75) is 51.2 Å². The van der Waals surface area contributed by atoms with Crippen LogP contribution < -0.4 is 19.5 Å². The molecule has 0 bridgehead atoms. The van der Waals surface area contributed by atoms with Gasteiger partial charge in [0.2, 0.25) is 17.7 Å². The maximum absolute atomic E-state index is 12.7. The third kappa shape index (κ3) is 5.98. The van der Waals surface area contributed by atoms with Gasteiger partial charge in [0.05, 0.1) is 20.1 Å². The second-order valence-corrected chi connectivity index (χ2v) is 8.93. The van der Waals surface area contributed by atoms with Crippen LogP contribution in [0.2, 0.25) is 0 Å². The van der Waals surface area contributed by atoms with Gasteiger partial charge in [-0.25, -0.2) is 4.98 Å². The molecule has 2 amide bonds. The van der Waals surface area contributed by atoms with Gasteiger partial charge in [0.1, 0.15) is 6.10 Å². The number of hydrogen-bond donors (Lipinski definition) is 1. The molecule has 4 rings (SSSR count). The van der Waals surface area contributed by atoms with Crippen LogP contribution in [0, 0.1) is 5.92 Å². The van der Waals surface area contributed by atoms with Gasteiger partial charge in [0.15, 0.2) is 11.5 Å². The second-order valence-electron chi connectivity index (χ2n) is 8.93. The van der Waals surface area contributed by atoms with Crippen LogP contribution in [0.25, 0.3) is 0 Å². The summed E-state index contributed by atoms with van der Waals surface area (Å²) in [5.41, 5.74) is 1.95. The summed E-state index contributed by atoms with van der Waals surface area (Å²) in [6.45, 7) is 1.38. The molecule has 8 nitrogen and oxygen atoms in total. The summed E-state index contributed by atoms with van der Waals surface area (Å²) < 4.78 is 16.5. The maximum Gasteiger partial charge on any atom is 0.225 e. The summed E-state index contributed by atoms with van der Waals surface area (Å²) in [6, 6.07) is 9.52. The number of aromatic nitrogens is 1. The highest BCUT2D eigenvalue weighted by Gasteiger charge is 2.33. The van der Waals surface area contributed by atoms with Crippen molar-refractivity contribution >= 4 is 11.8 Å². The van der Waals surface area contributed by atoms with E-state index >= 15 is 0 Å². The highest BCUT2D eigenvalue weighted by atomic mass is 16.5. The Hall–Kier alpha value is -3.29. The summed E-state index contributed by atoms with van der Waals surface area (Å²) in [4.78, 5) is 31.3. The fourth-order valence-corrected chi connectivity index (χ4v) is 4.56. The van der Waals surface area contributed by atoms with Crippen molar-refractivity contribution in [3.05, 3.63) is 47.7 Å². The highest BCUT2D eigenvalue weighted by molar-refractivity contribution is 5.89. The van der Waals surface area contributed by atoms with Crippen LogP contribution in [-0.4, -0.2) is 55.1 Å². The van der Waals surface area contributed by atoms with Crippen LogP contribution in [0.4, 0.5) is 0 Å². The van der Waals surface area contributed by atoms with E-state index in [1.165, 1.54) is 12.8 Å². The number of nitrogens with one attached hydrogen (secondary N) is 1. The lowest BCUT2D eigenvalue weighted by Crippen LogP contribution is -2.33. The predicted octanol–water partition coefficient (Wildman–Crippen LogP) is 3.13. The Balaban J connectivity index is 1.23. The second kappa shape index (κ2) is 11.2. The third-order valence-corrected chi connectivity index (χ3v) is 6.56. The summed E-state index contributed by atoms with van der Waals surface area (Å²) >= 11 is 0. The quantitative estimate of drug-likeness (QED) is 0.578. The minimum atomic E-state index is -0.337. The predicted molar refractivity (Wildman–Crippen MR) is 127 cm³/mol. The SMILES string of the molecule is COc1ccc(CCN2CC(C(=O)NCc3ccc(OC4CCCC4)nc3)CC2=O)cc1OC. The smallest absolute Gasteiger partial charge is 0.225 e. The molecule has 1 aliphatic heterocycles. The molecule has 2 fully saturated rings. The molecule has 2 aromatic rings. The van der Waals surface area contributed by atoms with E-state index in [0.717, 1.165) is 24.0 Å². The molecule has 1 N–H and O–H groups in total. The number of methoxy groups -OCH3 is 2. The molecule has 1 unspecified atom stereocenters. The Bertz CT molecular complexity index is 988. The zero-order valence-electron chi connectivity index (χ0n) is 19.9. The normalized spacial score (nSPS) is 18.2. The van der Waals surface area contributed by atoms with Crippen LogP contribution in [-0.2, 0) is 22.6 Å². The number of benzene rings is 1. The number of pyridine rings is 1. The summed E-state index contributed by atoms with van der Waals surface area (Å²) in [6.07, 6.45) is 7.53. The van der Waals surface area contributed by atoms with Gasteiger partial charge in [-0.05, 0) is 55.4 Å². The summed E-state index contributed by atoms with van der Waals surface area (Å²) in [5.74, 6) is 1.54. The Kier molecular flexibility index (Phi) is 7.87. The Morgan fingerprint density at radius 3 is 2.56 bits per heavy atom. The highest BCUT2D eigenvalue weighted by Crippen LogP contribution is 2.28. The zero-order chi connectivity index (χ0) is 23.9. The Morgan fingerprint density at radius 2 is 1.85 bits per heavy atom. The first-order valence-corrected chi connectivity index (χ1v) is 11.9. The molecule has 0 spiro atoms. The van der Waals surface area contributed by atoms with Gasteiger partial charge in [-0.2, -0.15) is 0 Å². The molecule has 1 saturated heterocycles. The lowest BCUT2D eigenvalue weighted by atomic mass is 10.1. The van der Waals surface area contributed by atoms with Gasteiger partial charge in [-0.15, -0.1) is 0 Å². The zero-order valence-corrected chi connectivity index (χ0v) is 19.9. The first-order chi connectivity index (χ1) is 16.6. The molecule has 1 aromatic carbocycles. The first kappa shape index (κ1) is 23.9. The average Bonchev–Trinajstić information content (AvgIpc) is 3.51. The monoisotopic (exact) mass is 467 g/mol. The van der Waals surface area contributed by atoms with Gasteiger partial charge < -0.3 is 24.4 Å². The fraction of sp³-hybridized carbons (Fsp3) is 0.500. The Labute approximate surface area is 200 Å². The van der Waals surface area contributed by atoms with Gasteiger partial charge in [-0.3, -0.25) is 9.59 Å². The minimum Gasteiger partial charge on any atom is -0.493 e. The van der Waals surface area contributed by atoms with Gasteiger partial charge >= 0.3 is 0 Å². The van der Waals surface area contributed by atoms with Crippen molar-refractivity contribution in [1.82, 2.24) is 15.2 Å². The molecule has 0 radical (unpaired) electrons. The molecular formula is C26H33N3O5. The van der Waals surface area contributed by atoms with Crippen LogP contribution in [0.5, 0.6) is 17.4 Å². The molecule has 2 aliphatic rings. The van der Waals surface area contributed by atoms with Crippen molar-refractivity contribution < 1.29 is 23.8 Å². The third-order valence-electron chi connectivity index (χ3n) is 6.56. The van der Waals surface area contributed by atoms with Gasteiger partial charge in [0, 0.05) is 38.3 Å². The molecule has 1 saturated carbocycles.